The van der Waals surface area contributed by atoms with Crippen molar-refractivity contribution < 1.29 is 22.7 Å². The predicted molar refractivity (Wildman–Crippen MR) is 157 cm³/mol. The van der Waals surface area contributed by atoms with Gasteiger partial charge in [0.15, 0.2) is 5.65 Å². The quantitative estimate of drug-likeness (QED) is 0.332. The van der Waals surface area contributed by atoms with Crippen molar-refractivity contribution in [2.24, 2.45) is 0 Å². The highest BCUT2D eigenvalue weighted by Gasteiger charge is 2.26. The summed E-state index contributed by atoms with van der Waals surface area (Å²) in [6.45, 7) is 8.26. The molecule has 0 bridgehead atoms. The second-order valence-electron chi connectivity index (χ2n) is 10.1. The van der Waals surface area contributed by atoms with E-state index in [9.17, 15) is 13.2 Å². The summed E-state index contributed by atoms with van der Waals surface area (Å²) in [5, 5.41) is 3.58. The molecule has 1 aliphatic heterocycles. The van der Waals surface area contributed by atoms with Crippen LogP contribution in [-0.4, -0.2) is 84.5 Å². The van der Waals surface area contributed by atoms with Gasteiger partial charge in [0.1, 0.15) is 5.75 Å². The van der Waals surface area contributed by atoms with Crippen molar-refractivity contribution in [2.45, 2.75) is 31.7 Å². The summed E-state index contributed by atoms with van der Waals surface area (Å²) in [6.07, 6.45) is 1.45. The Balaban J connectivity index is 1.49. The Morgan fingerprint density at radius 1 is 1.10 bits per heavy atom. The second-order valence-corrected chi connectivity index (χ2v) is 11.9. The molecule has 1 saturated heterocycles. The molecule has 5 rings (SSSR count). The van der Waals surface area contributed by atoms with E-state index in [0.717, 1.165) is 16.1 Å². The number of nitrogens with one attached hydrogen (secondary N) is 1. The van der Waals surface area contributed by atoms with Gasteiger partial charge in [-0.05, 0) is 64.2 Å². The molecule has 11 nitrogen and oxygen atoms in total. The molecule has 1 aliphatic rings. The Labute approximate surface area is 239 Å². The Bertz CT molecular complexity index is 1690. The number of hydrogen-bond donors (Lipinski definition) is 1. The third kappa shape index (κ3) is 5.57. The Morgan fingerprint density at radius 2 is 1.85 bits per heavy atom. The van der Waals surface area contributed by atoms with Crippen LogP contribution in [0.2, 0.25) is 0 Å². The first-order valence-electron chi connectivity index (χ1n) is 13.4. The number of benzene rings is 2. The van der Waals surface area contributed by atoms with Gasteiger partial charge in [-0.25, -0.2) is 12.4 Å². The van der Waals surface area contributed by atoms with Gasteiger partial charge < -0.3 is 24.6 Å². The fourth-order valence-electron chi connectivity index (χ4n) is 4.75. The average molecular weight is 579 g/mol. The summed E-state index contributed by atoms with van der Waals surface area (Å²) in [5.74, 6) is 0.714. The van der Waals surface area contributed by atoms with Crippen LogP contribution in [0.15, 0.2) is 59.6 Å². The highest BCUT2D eigenvalue weighted by atomic mass is 32.2. The molecule has 12 heteroatoms. The number of carbonyl (C=O) groups excluding carboxylic acids is 1. The first kappa shape index (κ1) is 28.4. The molecule has 3 heterocycles. The number of anilines is 2. The maximum atomic E-state index is 13.5. The van der Waals surface area contributed by atoms with Crippen molar-refractivity contribution in [1.82, 2.24) is 23.7 Å². The molecule has 2 aromatic heterocycles. The molecule has 1 N–H and O–H groups in total. The normalized spacial score (nSPS) is 16.1. The Kier molecular flexibility index (Phi) is 7.87. The standard InChI is InChI=1S/C29H34N6O5S/c1-6-40-27-23-13-14-35(41(37,38)22-10-7-19(2)8-11-22)26(23)31-29(32-27)30-24-12-9-21(17-25(24)39-5)28(36)34-16-15-33(4)20(3)18-34/h7-14,17,20H,6,15-16,18H2,1-5H3,(H,30,31,32)/t20-/m1/s1. The minimum absolute atomic E-state index is 0.0646. The van der Waals surface area contributed by atoms with Gasteiger partial charge in [-0.15, -0.1) is 0 Å². The van der Waals surface area contributed by atoms with Gasteiger partial charge in [0.25, 0.3) is 15.9 Å². The Hall–Kier alpha value is -4.16. The van der Waals surface area contributed by atoms with E-state index in [-0.39, 0.29) is 34.3 Å². The van der Waals surface area contributed by atoms with Crippen LogP contribution in [0.5, 0.6) is 11.6 Å². The van der Waals surface area contributed by atoms with E-state index in [1.807, 2.05) is 18.7 Å². The molecule has 216 valence electrons. The van der Waals surface area contributed by atoms with Crippen molar-refractivity contribution in [3.8, 4) is 11.6 Å². The minimum atomic E-state index is -3.93. The SMILES string of the molecule is CCOc1nc(Nc2ccc(C(=O)N3CCN(C)[C@H](C)C3)cc2OC)nc2c1ccn2S(=O)(=O)c1ccc(C)cc1. The van der Waals surface area contributed by atoms with E-state index < -0.39 is 10.0 Å². The van der Waals surface area contributed by atoms with E-state index in [1.165, 1.54) is 13.3 Å². The highest BCUT2D eigenvalue weighted by molar-refractivity contribution is 7.90. The third-order valence-electron chi connectivity index (χ3n) is 7.28. The molecule has 4 aromatic rings. The molecule has 0 radical (unpaired) electrons. The van der Waals surface area contributed by atoms with Gasteiger partial charge in [0.05, 0.1) is 29.7 Å². The molecular formula is C29H34N6O5S. The van der Waals surface area contributed by atoms with E-state index in [1.54, 1.807) is 48.5 Å². The van der Waals surface area contributed by atoms with Gasteiger partial charge in [0.2, 0.25) is 11.8 Å². The van der Waals surface area contributed by atoms with E-state index in [4.69, 9.17) is 9.47 Å². The molecule has 0 saturated carbocycles. The number of nitrogens with zero attached hydrogens (tertiary/aromatic N) is 5. The van der Waals surface area contributed by atoms with Crippen LogP contribution < -0.4 is 14.8 Å². The number of aromatic nitrogens is 3. The van der Waals surface area contributed by atoms with Crippen molar-refractivity contribution >= 4 is 38.6 Å². The van der Waals surface area contributed by atoms with Crippen LogP contribution >= 0.6 is 0 Å². The number of aryl methyl sites for hydroxylation is 1. The molecule has 1 fully saturated rings. The van der Waals surface area contributed by atoms with Gasteiger partial charge in [-0.2, -0.15) is 9.97 Å². The van der Waals surface area contributed by atoms with E-state index in [0.29, 0.717) is 42.1 Å². The highest BCUT2D eigenvalue weighted by Crippen LogP contribution is 2.32. The number of hydrogen-bond acceptors (Lipinski definition) is 9. The molecule has 1 atom stereocenters. The fraction of sp³-hybridized carbons (Fsp3) is 0.345. The number of fused-ring (bicyclic) bond motifs is 1. The summed E-state index contributed by atoms with van der Waals surface area (Å²) in [4.78, 5) is 26.5. The zero-order chi connectivity index (χ0) is 29.3. The minimum Gasteiger partial charge on any atom is -0.495 e. The van der Waals surface area contributed by atoms with Gasteiger partial charge in [-0.3, -0.25) is 4.79 Å². The number of rotatable bonds is 8. The summed E-state index contributed by atoms with van der Waals surface area (Å²) in [5.41, 5.74) is 2.14. The third-order valence-corrected chi connectivity index (χ3v) is 8.96. The summed E-state index contributed by atoms with van der Waals surface area (Å²) in [7, 11) is -0.361. The molecular weight excluding hydrogens is 544 g/mol. The maximum absolute atomic E-state index is 13.5. The largest absolute Gasteiger partial charge is 0.495 e. The monoisotopic (exact) mass is 578 g/mol. The van der Waals surface area contributed by atoms with Crippen molar-refractivity contribution in [3.63, 3.8) is 0 Å². The number of methoxy groups -OCH3 is 1. The number of ether oxygens (including phenoxy) is 2. The summed E-state index contributed by atoms with van der Waals surface area (Å²) < 4.78 is 39.5. The Morgan fingerprint density at radius 3 is 2.54 bits per heavy atom. The van der Waals surface area contributed by atoms with E-state index >= 15 is 0 Å². The lowest BCUT2D eigenvalue weighted by molar-refractivity contribution is 0.0572. The van der Waals surface area contributed by atoms with Gasteiger partial charge in [-0.1, -0.05) is 17.7 Å². The molecule has 41 heavy (non-hydrogen) atoms. The number of amides is 1. The first-order valence-corrected chi connectivity index (χ1v) is 14.8. The lowest BCUT2D eigenvalue weighted by Gasteiger charge is -2.37. The predicted octanol–water partition coefficient (Wildman–Crippen LogP) is 3.90. The van der Waals surface area contributed by atoms with Gasteiger partial charge >= 0.3 is 0 Å². The number of piperazine rings is 1. The van der Waals surface area contributed by atoms with Crippen LogP contribution in [0.3, 0.4) is 0 Å². The lowest BCUT2D eigenvalue weighted by Crippen LogP contribution is -2.52. The van der Waals surface area contributed by atoms with Crippen molar-refractivity contribution in [3.05, 3.63) is 65.9 Å². The van der Waals surface area contributed by atoms with Crippen molar-refractivity contribution in [2.75, 3.05) is 45.7 Å². The fourth-order valence-corrected chi connectivity index (χ4v) is 6.04. The van der Waals surface area contributed by atoms with Crippen LogP contribution in [0, 0.1) is 6.92 Å². The lowest BCUT2D eigenvalue weighted by atomic mass is 10.1. The van der Waals surface area contributed by atoms with E-state index in [2.05, 4.69) is 34.2 Å². The zero-order valence-electron chi connectivity index (χ0n) is 23.8. The second kappa shape index (κ2) is 11.4. The molecule has 0 unspecified atom stereocenters. The molecule has 0 spiro atoms. The molecule has 2 aromatic carbocycles. The van der Waals surface area contributed by atoms with Crippen LogP contribution in [0.4, 0.5) is 11.6 Å². The average Bonchev–Trinajstić information content (AvgIpc) is 3.40. The molecule has 1 amide bonds. The number of likely N-dealkylation sites (N-methyl/N-ethyl adjacent to an activating group) is 1. The summed E-state index contributed by atoms with van der Waals surface area (Å²) >= 11 is 0. The van der Waals surface area contributed by atoms with Crippen LogP contribution in [0.1, 0.15) is 29.8 Å². The first-order chi connectivity index (χ1) is 19.6. The summed E-state index contributed by atoms with van der Waals surface area (Å²) in [6, 6.07) is 13.7. The number of carbonyl (C=O) groups is 1. The zero-order valence-corrected chi connectivity index (χ0v) is 24.6. The maximum Gasteiger partial charge on any atom is 0.269 e. The topological polar surface area (TPSA) is 119 Å². The van der Waals surface area contributed by atoms with Crippen molar-refractivity contribution in [1.29, 1.82) is 0 Å². The van der Waals surface area contributed by atoms with Crippen LogP contribution in [0.25, 0.3) is 11.0 Å². The smallest absolute Gasteiger partial charge is 0.269 e. The van der Waals surface area contributed by atoms with Gasteiger partial charge in [0, 0.05) is 37.4 Å². The van der Waals surface area contributed by atoms with Crippen LogP contribution in [-0.2, 0) is 10.0 Å². The molecule has 0 aliphatic carbocycles.